The van der Waals surface area contributed by atoms with E-state index in [-0.39, 0.29) is 11.5 Å². The van der Waals surface area contributed by atoms with Gasteiger partial charge in [-0.15, -0.1) is 5.10 Å². The van der Waals surface area contributed by atoms with Crippen molar-refractivity contribution in [1.29, 1.82) is 0 Å². The largest absolute Gasteiger partial charge is 0.451 e. The molecule has 0 saturated carbocycles. The first-order valence-electron chi connectivity index (χ1n) is 5.37. The SMILES string of the molecule is CC(C)(C)n1c(N)nn2c(C(F)(F)F)ncc2c1=O. The molecule has 19 heavy (non-hydrogen) atoms. The number of halogens is 3. The zero-order valence-electron chi connectivity index (χ0n) is 10.5. The standard InChI is InChI=1S/C10H12F3N5O/c1-9(2,3)17-6(19)5-4-15-7(10(11,12)13)18(5)16-8(17)14/h4H,1-3H3,(H2,14,16). The highest BCUT2D eigenvalue weighted by molar-refractivity contribution is 5.45. The van der Waals surface area contributed by atoms with E-state index in [2.05, 4.69) is 10.1 Å². The topological polar surface area (TPSA) is 78.2 Å². The van der Waals surface area contributed by atoms with Crippen molar-refractivity contribution < 1.29 is 13.2 Å². The highest BCUT2D eigenvalue weighted by Gasteiger charge is 2.37. The second-order valence-corrected chi connectivity index (χ2v) is 5.05. The van der Waals surface area contributed by atoms with E-state index in [1.807, 2.05) is 0 Å². The molecule has 2 heterocycles. The molecule has 0 aliphatic heterocycles. The lowest BCUT2D eigenvalue weighted by Gasteiger charge is -2.23. The third-order valence-corrected chi connectivity index (χ3v) is 2.52. The third kappa shape index (κ3) is 2.04. The molecule has 0 bridgehead atoms. The first-order chi connectivity index (χ1) is 8.53. The van der Waals surface area contributed by atoms with Gasteiger partial charge in [-0.05, 0) is 20.8 Å². The van der Waals surface area contributed by atoms with Gasteiger partial charge >= 0.3 is 6.18 Å². The Morgan fingerprint density at radius 3 is 2.32 bits per heavy atom. The number of nitrogens with zero attached hydrogens (tertiary/aromatic N) is 4. The summed E-state index contributed by atoms with van der Waals surface area (Å²) >= 11 is 0. The number of nitrogens with two attached hydrogens (primary N) is 1. The Hall–Kier alpha value is -2.06. The van der Waals surface area contributed by atoms with Gasteiger partial charge in [0, 0.05) is 5.54 Å². The van der Waals surface area contributed by atoms with E-state index in [1.165, 1.54) is 0 Å². The zero-order valence-corrected chi connectivity index (χ0v) is 10.5. The molecule has 0 aliphatic carbocycles. The number of hydrogen-bond acceptors (Lipinski definition) is 4. The van der Waals surface area contributed by atoms with Crippen LogP contribution >= 0.6 is 0 Å². The minimum atomic E-state index is -4.70. The van der Waals surface area contributed by atoms with Crippen LogP contribution in [0.1, 0.15) is 26.6 Å². The van der Waals surface area contributed by atoms with Crippen LogP contribution in [-0.4, -0.2) is 19.2 Å². The second kappa shape index (κ2) is 3.72. The first-order valence-corrected chi connectivity index (χ1v) is 5.37. The van der Waals surface area contributed by atoms with E-state index in [0.717, 1.165) is 10.8 Å². The van der Waals surface area contributed by atoms with Crippen LogP contribution in [-0.2, 0) is 11.7 Å². The molecule has 104 valence electrons. The summed E-state index contributed by atoms with van der Waals surface area (Å²) < 4.78 is 39.6. The molecule has 9 heteroatoms. The minimum Gasteiger partial charge on any atom is -0.368 e. The predicted molar refractivity (Wildman–Crippen MR) is 61.7 cm³/mol. The van der Waals surface area contributed by atoms with Crippen molar-refractivity contribution in [1.82, 2.24) is 19.2 Å². The van der Waals surface area contributed by atoms with E-state index < -0.39 is 23.1 Å². The van der Waals surface area contributed by atoms with Gasteiger partial charge in [0.2, 0.25) is 11.8 Å². The van der Waals surface area contributed by atoms with Crippen LogP contribution in [0.2, 0.25) is 0 Å². The number of fused-ring (bicyclic) bond motifs is 1. The van der Waals surface area contributed by atoms with Crippen LogP contribution in [0.5, 0.6) is 0 Å². The monoisotopic (exact) mass is 275 g/mol. The summed E-state index contributed by atoms with van der Waals surface area (Å²) in [6.45, 7) is 5.10. The maximum Gasteiger partial charge on any atom is 0.451 e. The molecule has 0 fully saturated rings. The molecule has 0 aliphatic rings. The summed E-state index contributed by atoms with van der Waals surface area (Å²) in [6.07, 6.45) is -3.86. The highest BCUT2D eigenvalue weighted by Crippen LogP contribution is 2.28. The fraction of sp³-hybridized carbons (Fsp3) is 0.500. The van der Waals surface area contributed by atoms with Crippen molar-refractivity contribution in [3.63, 3.8) is 0 Å². The Balaban J connectivity index is 2.88. The molecule has 2 rings (SSSR count). The van der Waals surface area contributed by atoms with Gasteiger partial charge in [-0.2, -0.15) is 13.2 Å². The van der Waals surface area contributed by atoms with Crippen molar-refractivity contribution in [2.75, 3.05) is 5.73 Å². The fourth-order valence-electron chi connectivity index (χ4n) is 1.80. The molecule has 0 atom stereocenters. The third-order valence-electron chi connectivity index (χ3n) is 2.52. The number of alkyl halides is 3. The van der Waals surface area contributed by atoms with E-state index in [0.29, 0.717) is 4.52 Å². The molecule has 2 aromatic rings. The summed E-state index contributed by atoms with van der Waals surface area (Å²) in [5.41, 5.74) is 3.95. The van der Waals surface area contributed by atoms with E-state index in [1.54, 1.807) is 20.8 Å². The lowest BCUT2D eigenvalue weighted by Crippen LogP contribution is -2.37. The number of anilines is 1. The van der Waals surface area contributed by atoms with Crippen LogP contribution in [0.15, 0.2) is 11.0 Å². The van der Waals surface area contributed by atoms with Gasteiger partial charge in [-0.25, -0.2) is 9.50 Å². The lowest BCUT2D eigenvalue weighted by atomic mass is 10.1. The summed E-state index contributed by atoms with van der Waals surface area (Å²) in [4.78, 5) is 15.3. The van der Waals surface area contributed by atoms with Crippen LogP contribution in [0.3, 0.4) is 0 Å². The summed E-state index contributed by atoms with van der Waals surface area (Å²) in [5, 5.41) is 3.60. The summed E-state index contributed by atoms with van der Waals surface area (Å²) in [7, 11) is 0. The Bertz CT molecular complexity index is 692. The smallest absolute Gasteiger partial charge is 0.368 e. The van der Waals surface area contributed by atoms with Crippen LogP contribution in [0.4, 0.5) is 19.1 Å². The molecular weight excluding hydrogens is 263 g/mol. The molecule has 2 N–H and O–H groups in total. The zero-order chi connectivity index (χ0) is 14.6. The van der Waals surface area contributed by atoms with Gasteiger partial charge in [0.1, 0.15) is 0 Å². The maximum absolute atomic E-state index is 12.7. The molecule has 6 nitrogen and oxygen atoms in total. The molecule has 0 aromatic carbocycles. The van der Waals surface area contributed by atoms with Gasteiger partial charge < -0.3 is 5.73 Å². The Morgan fingerprint density at radius 1 is 1.26 bits per heavy atom. The van der Waals surface area contributed by atoms with Crippen LogP contribution in [0, 0.1) is 0 Å². The van der Waals surface area contributed by atoms with Crippen molar-refractivity contribution in [2.24, 2.45) is 0 Å². The van der Waals surface area contributed by atoms with E-state index in [9.17, 15) is 18.0 Å². The molecule has 0 radical (unpaired) electrons. The number of nitrogen functional groups attached to an aromatic ring is 1. The van der Waals surface area contributed by atoms with Gasteiger partial charge in [-0.3, -0.25) is 9.36 Å². The second-order valence-electron chi connectivity index (χ2n) is 5.05. The van der Waals surface area contributed by atoms with Gasteiger partial charge in [0.25, 0.3) is 5.56 Å². The Labute approximate surface area is 105 Å². The van der Waals surface area contributed by atoms with Gasteiger partial charge in [-0.1, -0.05) is 0 Å². The highest BCUT2D eigenvalue weighted by atomic mass is 19.4. The van der Waals surface area contributed by atoms with Crippen molar-refractivity contribution >= 4 is 11.5 Å². The molecule has 0 spiro atoms. The average Bonchev–Trinajstić information content (AvgIpc) is 2.57. The summed E-state index contributed by atoms with van der Waals surface area (Å²) in [6, 6.07) is 0. The molecule has 2 aromatic heterocycles. The Kier molecular flexibility index (Phi) is 2.62. The van der Waals surface area contributed by atoms with Crippen LogP contribution in [0.25, 0.3) is 5.52 Å². The minimum absolute atomic E-state index is 0.267. The number of aromatic nitrogens is 4. The van der Waals surface area contributed by atoms with E-state index in [4.69, 9.17) is 5.73 Å². The maximum atomic E-state index is 12.7. The Morgan fingerprint density at radius 2 is 1.84 bits per heavy atom. The van der Waals surface area contributed by atoms with E-state index >= 15 is 0 Å². The fourth-order valence-corrected chi connectivity index (χ4v) is 1.80. The molecule has 0 unspecified atom stereocenters. The number of imidazole rings is 1. The molecular formula is C10H12F3N5O. The quantitative estimate of drug-likeness (QED) is 0.784. The van der Waals surface area contributed by atoms with Crippen molar-refractivity contribution in [3.8, 4) is 0 Å². The molecule has 0 saturated heterocycles. The number of hydrogen-bond donors (Lipinski definition) is 1. The number of rotatable bonds is 0. The molecule has 0 amide bonds. The van der Waals surface area contributed by atoms with Crippen LogP contribution < -0.4 is 11.3 Å². The normalized spacial score (nSPS) is 13.2. The predicted octanol–water partition coefficient (Wildman–Crippen LogP) is 1.25. The van der Waals surface area contributed by atoms with Gasteiger partial charge in [0.05, 0.1) is 6.20 Å². The van der Waals surface area contributed by atoms with Gasteiger partial charge in [0.15, 0.2) is 5.52 Å². The first kappa shape index (κ1) is 13.4. The van der Waals surface area contributed by atoms with Crippen molar-refractivity contribution in [2.45, 2.75) is 32.5 Å². The average molecular weight is 275 g/mol. The lowest BCUT2D eigenvalue weighted by molar-refractivity contribution is -0.146. The summed E-state index contributed by atoms with van der Waals surface area (Å²) in [5.74, 6) is -1.57. The van der Waals surface area contributed by atoms with Crippen molar-refractivity contribution in [3.05, 3.63) is 22.4 Å².